The summed E-state index contributed by atoms with van der Waals surface area (Å²) in [5, 5.41) is 2.63. The van der Waals surface area contributed by atoms with Gasteiger partial charge in [0.1, 0.15) is 11.8 Å². The zero-order valence-corrected chi connectivity index (χ0v) is 17.7. The fourth-order valence-electron chi connectivity index (χ4n) is 2.86. The summed E-state index contributed by atoms with van der Waals surface area (Å²) in [6, 6.07) is 15.3. The van der Waals surface area contributed by atoms with Gasteiger partial charge >= 0.3 is 0 Å². The third-order valence-corrected chi connectivity index (χ3v) is 5.49. The van der Waals surface area contributed by atoms with Gasteiger partial charge in [-0.1, -0.05) is 42.0 Å². The van der Waals surface area contributed by atoms with Gasteiger partial charge in [0.2, 0.25) is 11.8 Å². The number of amides is 2. The first-order valence-electron chi connectivity index (χ1n) is 9.22. The van der Waals surface area contributed by atoms with E-state index in [0.29, 0.717) is 12.3 Å². The molecular formula is C22H28N2O3S. The van der Waals surface area contributed by atoms with Gasteiger partial charge in [0, 0.05) is 19.3 Å². The van der Waals surface area contributed by atoms with Crippen LogP contribution in [-0.2, 0) is 21.9 Å². The number of carbonyl (C=O) groups excluding carboxylic acids is 2. The number of hydrogen-bond acceptors (Lipinski definition) is 4. The van der Waals surface area contributed by atoms with Gasteiger partial charge in [-0.15, -0.1) is 11.8 Å². The molecule has 2 amide bonds. The Morgan fingerprint density at radius 1 is 1.14 bits per heavy atom. The predicted molar refractivity (Wildman–Crippen MR) is 114 cm³/mol. The molecule has 2 rings (SSSR count). The van der Waals surface area contributed by atoms with Crippen LogP contribution < -0.4 is 10.1 Å². The average molecular weight is 401 g/mol. The van der Waals surface area contributed by atoms with Gasteiger partial charge in [-0.2, -0.15) is 0 Å². The number of aryl methyl sites for hydroxylation is 1. The number of likely N-dealkylation sites (N-methyl/N-ethyl adjacent to an activating group) is 1. The van der Waals surface area contributed by atoms with Crippen molar-refractivity contribution in [3.05, 3.63) is 65.2 Å². The summed E-state index contributed by atoms with van der Waals surface area (Å²) in [5.74, 6) is 1.62. The zero-order chi connectivity index (χ0) is 20.5. The molecule has 0 fully saturated rings. The highest BCUT2D eigenvalue weighted by molar-refractivity contribution is 7.99. The molecule has 5 nitrogen and oxygen atoms in total. The van der Waals surface area contributed by atoms with Gasteiger partial charge in [0.05, 0.1) is 12.9 Å². The summed E-state index contributed by atoms with van der Waals surface area (Å²) in [6.07, 6.45) is 0. The van der Waals surface area contributed by atoms with E-state index in [1.165, 1.54) is 11.1 Å². The molecule has 2 aromatic rings. The molecule has 0 aliphatic rings. The lowest BCUT2D eigenvalue weighted by Gasteiger charge is -2.28. The third-order valence-electron chi connectivity index (χ3n) is 4.50. The predicted octanol–water partition coefficient (Wildman–Crippen LogP) is 3.40. The normalized spacial score (nSPS) is 11.6. The number of nitrogens with one attached hydrogen (secondary N) is 1. The van der Waals surface area contributed by atoms with Gasteiger partial charge < -0.3 is 15.0 Å². The summed E-state index contributed by atoms with van der Waals surface area (Å²) < 4.78 is 5.18. The topological polar surface area (TPSA) is 58.6 Å². The first kappa shape index (κ1) is 21.8. The lowest BCUT2D eigenvalue weighted by atomic mass is 10.1. The fourth-order valence-corrected chi connectivity index (χ4v) is 3.72. The number of nitrogens with zero attached hydrogens (tertiary/aromatic N) is 1. The molecule has 28 heavy (non-hydrogen) atoms. The summed E-state index contributed by atoms with van der Waals surface area (Å²) in [4.78, 5) is 26.7. The van der Waals surface area contributed by atoms with E-state index in [9.17, 15) is 9.59 Å². The summed E-state index contributed by atoms with van der Waals surface area (Å²) in [6.45, 7) is 4.19. The van der Waals surface area contributed by atoms with Crippen LogP contribution in [0.4, 0.5) is 0 Å². The highest BCUT2D eigenvalue weighted by Gasteiger charge is 2.25. The van der Waals surface area contributed by atoms with E-state index in [1.54, 1.807) is 37.7 Å². The van der Waals surface area contributed by atoms with Crippen molar-refractivity contribution in [1.29, 1.82) is 0 Å². The van der Waals surface area contributed by atoms with Crippen LogP contribution in [0.5, 0.6) is 5.75 Å². The van der Waals surface area contributed by atoms with Gasteiger partial charge in [-0.05, 0) is 37.1 Å². The number of rotatable bonds is 9. The van der Waals surface area contributed by atoms with E-state index in [-0.39, 0.29) is 11.8 Å². The molecule has 0 aliphatic carbocycles. The SMILES string of the molecule is CNC(=O)[C@@H](C)N(Cc1ccc(OC)cc1)C(=O)CSCc1cccc(C)c1. The Balaban J connectivity index is 2.04. The minimum absolute atomic E-state index is 0.0513. The van der Waals surface area contributed by atoms with Crippen molar-refractivity contribution in [2.75, 3.05) is 19.9 Å². The highest BCUT2D eigenvalue weighted by Crippen LogP contribution is 2.18. The molecule has 0 heterocycles. The Bertz CT molecular complexity index is 793. The maximum atomic E-state index is 12.9. The third kappa shape index (κ3) is 6.30. The Labute approximate surface area is 171 Å². The molecule has 0 spiro atoms. The van der Waals surface area contributed by atoms with Crippen molar-refractivity contribution >= 4 is 23.6 Å². The second-order valence-corrected chi connectivity index (χ2v) is 7.63. The molecule has 0 bridgehead atoms. The highest BCUT2D eigenvalue weighted by atomic mass is 32.2. The van der Waals surface area contributed by atoms with Gasteiger partial charge in [-0.25, -0.2) is 0 Å². The van der Waals surface area contributed by atoms with Crippen molar-refractivity contribution in [2.24, 2.45) is 0 Å². The molecule has 150 valence electrons. The van der Waals surface area contributed by atoms with Crippen LogP contribution >= 0.6 is 11.8 Å². The van der Waals surface area contributed by atoms with E-state index in [0.717, 1.165) is 17.1 Å². The van der Waals surface area contributed by atoms with E-state index in [2.05, 4.69) is 30.4 Å². The van der Waals surface area contributed by atoms with E-state index in [4.69, 9.17) is 4.74 Å². The largest absolute Gasteiger partial charge is 0.497 e. The van der Waals surface area contributed by atoms with E-state index in [1.807, 2.05) is 30.3 Å². The Kier molecular flexibility index (Phi) is 8.39. The monoisotopic (exact) mass is 400 g/mol. The summed E-state index contributed by atoms with van der Waals surface area (Å²) >= 11 is 1.56. The van der Waals surface area contributed by atoms with Crippen LogP contribution in [0.1, 0.15) is 23.6 Å². The smallest absolute Gasteiger partial charge is 0.242 e. The molecule has 0 aromatic heterocycles. The van der Waals surface area contributed by atoms with E-state index < -0.39 is 6.04 Å². The molecule has 0 saturated carbocycles. The molecular weight excluding hydrogens is 372 g/mol. The van der Waals surface area contributed by atoms with Crippen LogP contribution in [0.2, 0.25) is 0 Å². The minimum Gasteiger partial charge on any atom is -0.497 e. The molecule has 6 heteroatoms. The number of carbonyl (C=O) groups is 2. The number of ether oxygens (including phenoxy) is 1. The van der Waals surface area contributed by atoms with Gasteiger partial charge in [0.15, 0.2) is 0 Å². The van der Waals surface area contributed by atoms with E-state index >= 15 is 0 Å². The second-order valence-electron chi connectivity index (χ2n) is 6.64. The molecule has 0 unspecified atom stereocenters. The lowest BCUT2D eigenvalue weighted by molar-refractivity contribution is -0.138. The van der Waals surface area contributed by atoms with Gasteiger partial charge in [0.25, 0.3) is 0 Å². The number of methoxy groups -OCH3 is 1. The lowest BCUT2D eigenvalue weighted by Crippen LogP contribution is -2.47. The van der Waals surface area contributed by atoms with Crippen LogP contribution in [0.15, 0.2) is 48.5 Å². The standard InChI is InChI=1S/C22H28N2O3S/c1-16-6-5-7-19(12-16)14-28-15-21(25)24(17(2)22(26)23-3)13-18-8-10-20(27-4)11-9-18/h5-12,17H,13-15H2,1-4H3,(H,23,26)/t17-/m1/s1. The van der Waals surface area contributed by atoms with Crippen molar-refractivity contribution in [2.45, 2.75) is 32.2 Å². The summed E-state index contributed by atoms with van der Waals surface area (Å²) in [5.41, 5.74) is 3.35. The molecule has 0 radical (unpaired) electrons. The Morgan fingerprint density at radius 2 is 1.86 bits per heavy atom. The molecule has 2 aromatic carbocycles. The average Bonchev–Trinajstić information content (AvgIpc) is 2.71. The van der Waals surface area contributed by atoms with Crippen LogP contribution in [0, 0.1) is 6.92 Å². The maximum Gasteiger partial charge on any atom is 0.242 e. The van der Waals surface area contributed by atoms with Crippen LogP contribution in [0.25, 0.3) is 0 Å². The van der Waals surface area contributed by atoms with Crippen molar-refractivity contribution in [3.63, 3.8) is 0 Å². The number of benzene rings is 2. The molecule has 0 aliphatic heterocycles. The van der Waals surface area contributed by atoms with Crippen LogP contribution in [-0.4, -0.2) is 42.7 Å². The first-order chi connectivity index (χ1) is 13.4. The quantitative estimate of drug-likeness (QED) is 0.701. The Hall–Kier alpha value is -2.47. The van der Waals surface area contributed by atoms with Crippen molar-refractivity contribution in [3.8, 4) is 5.75 Å². The molecule has 1 atom stereocenters. The number of hydrogen-bond donors (Lipinski definition) is 1. The number of thioether (sulfide) groups is 1. The fraction of sp³-hybridized carbons (Fsp3) is 0.364. The van der Waals surface area contributed by atoms with Crippen molar-refractivity contribution < 1.29 is 14.3 Å². The maximum absolute atomic E-state index is 12.9. The molecule has 1 N–H and O–H groups in total. The van der Waals surface area contributed by atoms with Crippen molar-refractivity contribution in [1.82, 2.24) is 10.2 Å². The molecule has 0 saturated heterocycles. The second kappa shape index (κ2) is 10.8. The Morgan fingerprint density at radius 3 is 2.46 bits per heavy atom. The minimum atomic E-state index is -0.542. The zero-order valence-electron chi connectivity index (χ0n) is 16.9. The van der Waals surface area contributed by atoms with Gasteiger partial charge in [-0.3, -0.25) is 9.59 Å². The summed E-state index contributed by atoms with van der Waals surface area (Å²) in [7, 11) is 3.20. The van der Waals surface area contributed by atoms with Crippen LogP contribution in [0.3, 0.4) is 0 Å². The first-order valence-corrected chi connectivity index (χ1v) is 10.4.